The third kappa shape index (κ3) is 2.09. The molecule has 0 aliphatic heterocycles. The number of carboxylic acids is 2. The van der Waals surface area contributed by atoms with Crippen molar-refractivity contribution in [3.63, 3.8) is 0 Å². The molecule has 51 valence electrons. The van der Waals surface area contributed by atoms with Gasteiger partial charge in [0.25, 0.3) is 0 Å². The maximum atomic E-state index is 9.79. The first-order chi connectivity index (χ1) is 4.09. The van der Waals surface area contributed by atoms with Crippen LogP contribution in [0.25, 0.3) is 0 Å². The smallest absolute Gasteiger partial charge is 0.325 e. The van der Waals surface area contributed by atoms with Gasteiger partial charge in [-0.25, -0.2) is 0 Å². The van der Waals surface area contributed by atoms with Gasteiger partial charge in [0.15, 0.2) is 0 Å². The number of aliphatic hydroxyl groups excluding tert-OH is 1. The lowest BCUT2D eigenvalue weighted by Gasteiger charge is -1.98. The lowest BCUT2D eigenvalue weighted by Crippen LogP contribution is -2.24. The molecule has 0 aromatic carbocycles. The summed E-state index contributed by atoms with van der Waals surface area (Å²) in [6.45, 7) is -0.954. The third-order valence-corrected chi connectivity index (χ3v) is 0.674. The SMILES string of the molecule is O=C(O)[C](CO)C(=O)O. The lowest BCUT2D eigenvalue weighted by atomic mass is 10.2. The molecule has 0 aromatic rings. The molecule has 1 radical (unpaired) electrons. The van der Waals surface area contributed by atoms with E-state index in [2.05, 4.69) is 0 Å². The summed E-state index contributed by atoms with van der Waals surface area (Å²) in [6.07, 6.45) is 0. The van der Waals surface area contributed by atoms with Gasteiger partial charge >= 0.3 is 11.9 Å². The van der Waals surface area contributed by atoms with Gasteiger partial charge < -0.3 is 15.3 Å². The van der Waals surface area contributed by atoms with E-state index in [1.165, 1.54) is 0 Å². The van der Waals surface area contributed by atoms with Gasteiger partial charge in [-0.05, 0) is 0 Å². The maximum absolute atomic E-state index is 9.79. The molecule has 0 saturated carbocycles. The molecule has 0 atom stereocenters. The molecule has 5 heteroatoms. The van der Waals surface area contributed by atoms with Crippen LogP contribution in [-0.2, 0) is 9.59 Å². The Labute approximate surface area is 50.5 Å². The summed E-state index contributed by atoms with van der Waals surface area (Å²) in [7, 11) is 0. The first kappa shape index (κ1) is 7.90. The van der Waals surface area contributed by atoms with Crippen LogP contribution in [0.1, 0.15) is 0 Å². The monoisotopic (exact) mass is 133 g/mol. The van der Waals surface area contributed by atoms with Gasteiger partial charge in [0.1, 0.15) is 0 Å². The van der Waals surface area contributed by atoms with Gasteiger partial charge in [0.2, 0.25) is 5.92 Å². The van der Waals surface area contributed by atoms with E-state index in [-0.39, 0.29) is 0 Å². The fourth-order valence-corrected chi connectivity index (χ4v) is 0.227. The summed E-state index contributed by atoms with van der Waals surface area (Å²) >= 11 is 0. The van der Waals surface area contributed by atoms with Crippen molar-refractivity contribution >= 4 is 11.9 Å². The van der Waals surface area contributed by atoms with Crippen LogP contribution < -0.4 is 0 Å². The number of aliphatic carboxylic acids is 2. The van der Waals surface area contributed by atoms with Crippen molar-refractivity contribution < 1.29 is 24.9 Å². The Morgan fingerprint density at radius 2 is 1.44 bits per heavy atom. The molecule has 0 bridgehead atoms. The van der Waals surface area contributed by atoms with Crippen LogP contribution in [0.5, 0.6) is 0 Å². The topological polar surface area (TPSA) is 94.8 Å². The predicted molar refractivity (Wildman–Crippen MR) is 25.6 cm³/mol. The molecule has 0 aromatic heterocycles. The van der Waals surface area contributed by atoms with Crippen LogP contribution in [0.2, 0.25) is 0 Å². The standard InChI is InChI=1S/C4H5O5/c5-1-2(3(6)7)4(8)9/h5H,1H2,(H,6,7)(H,8,9). The number of rotatable bonds is 3. The molecule has 0 fully saturated rings. The van der Waals surface area contributed by atoms with Gasteiger partial charge in [0, 0.05) is 0 Å². The molecule has 0 heterocycles. The Morgan fingerprint density at radius 1 is 1.11 bits per heavy atom. The highest BCUT2D eigenvalue weighted by atomic mass is 16.4. The van der Waals surface area contributed by atoms with Gasteiger partial charge in [-0.1, -0.05) is 0 Å². The second kappa shape index (κ2) is 3.03. The third-order valence-electron chi connectivity index (χ3n) is 0.674. The number of aliphatic hydroxyl groups is 1. The van der Waals surface area contributed by atoms with Crippen molar-refractivity contribution in [3.05, 3.63) is 5.92 Å². The van der Waals surface area contributed by atoms with Crippen LogP contribution >= 0.6 is 0 Å². The van der Waals surface area contributed by atoms with Crippen LogP contribution in [-0.4, -0.2) is 33.9 Å². The van der Waals surface area contributed by atoms with E-state index >= 15 is 0 Å². The Bertz CT molecular complexity index is 115. The van der Waals surface area contributed by atoms with Crippen molar-refractivity contribution in [3.8, 4) is 0 Å². The Balaban J connectivity index is 3.99. The lowest BCUT2D eigenvalue weighted by molar-refractivity contribution is -0.145. The molecule has 0 unspecified atom stereocenters. The normalized spacial score (nSPS) is 9.56. The zero-order valence-electron chi connectivity index (χ0n) is 4.37. The highest BCUT2D eigenvalue weighted by Crippen LogP contribution is 1.96. The van der Waals surface area contributed by atoms with Crippen LogP contribution in [0, 0.1) is 5.92 Å². The van der Waals surface area contributed by atoms with Crippen LogP contribution in [0.15, 0.2) is 0 Å². The highest BCUT2D eigenvalue weighted by molar-refractivity contribution is 6.08. The first-order valence-corrected chi connectivity index (χ1v) is 2.03. The Morgan fingerprint density at radius 3 is 1.44 bits per heavy atom. The summed E-state index contributed by atoms with van der Waals surface area (Å²) in [4.78, 5) is 19.6. The minimum absolute atomic E-state index is 0.921. The predicted octanol–water partition coefficient (Wildman–Crippen LogP) is -1.28. The summed E-state index contributed by atoms with van der Waals surface area (Å²) < 4.78 is 0. The molecule has 5 nitrogen and oxygen atoms in total. The minimum atomic E-state index is -1.61. The average Bonchev–Trinajstić information content (AvgIpc) is 1.64. The summed E-state index contributed by atoms with van der Waals surface area (Å²) in [5, 5.41) is 24.0. The van der Waals surface area contributed by atoms with Crippen molar-refractivity contribution in [1.29, 1.82) is 0 Å². The molecule has 9 heavy (non-hydrogen) atoms. The van der Waals surface area contributed by atoms with Crippen molar-refractivity contribution in [1.82, 2.24) is 0 Å². The number of hydrogen-bond donors (Lipinski definition) is 3. The number of hydrogen-bond acceptors (Lipinski definition) is 3. The number of carbonyl (C=O) groups is 2. The van der Waals surface area contributed by atoms with Crippen molar-refractivity contribution in [2.45, 2.75) is 0 Å². The van der Waals surface area contributed by atoms with Gasteiger partial charge in [-0.2, -0.15) is 0 Å². The van der Waals surface area contributed by atoms with E-state index in [0.717, 1.165) is 0 Å². The fourth-order valence-electron chi connectivity index (χ4n) is 0.227. The molecule has 0 aliphatic rings. The molecular weight excluding hydrogens is 128 g/mol. The van der Waals surface area contributed by atoms with E-state index < -0.39 is 24.5 Å². The molecule has 0 saturated heterocycles. The molecule has 0 aliphatic carbocycles. The van der Waals surface area contributed by atoms with Gasteiger partial charge in [0.05, 0.1) is 6.61 Å². The molecule has 0 amide bonds. The summed E-state index contributed by atoms with van der Waals surface area (Å²) in [6, 6.07) is 0. The van der Waals surface area contributed by atoms with E-state index in [0.29, 0.717) is 0 Å². The van der Waals surface area contributed by atoms with Gasteiger partial charge in [-0.15, -0.1) is 0 Å². The fraction of sp³-hybridized carbons (Fsp3) is 0.250. The van der Waals surface area contributed by atoms with Gasteiger partial charge in [-0.3, -0.25) is 9.59 Å². The Kier molecular flexibility index (Phi) is 2.66. The Hall–Kier alpha value is -1.10. The first-order valence-electron chi connectivity index (χ1n) is 2.03. The van der Waals surface area contributed by atoms with Crippen molar-refractivity contribution in [2.24, 2.45) is 0 Å². The molecular formula is C4H5O5. The minimum Gasteiger partial charge on any atom is -0.480 e. The van der Waals surface area contributed by atoms with E-state index in [1.807, 2.05) is 0 Å². The summed E-state index contributed by atoms with van der Waals surface area (Å²) in [5.41, 5.74) is 0. The van der Waals surface area contributed by atoms with E-state index in [9.17, 15) is 9.59 Å². The number of carboxylic acid groups (broad SMARTS) is 2. The second-order valence-electron chi connectivity index (χ2n) is 1.25. The maximum Gasteiger partial charge on any atom is 0.325 e. The van der Waals surface area contributed by atoms with Crippen molar-refractivity contribution in [2.75, 3.05) is 6.61 Å². The molecule has 3 N–H and O–H groups in total. The second-order valence-corrected chi connectivity index (χ2v) is 1.25. The average molecular weight is 133 g/mol. The van der Waals surface area contributed by atoms with E-state index in [1.54, 1.807) is 0 Å². The molecule has 0 spiro atoms. The van der Waals surface area contributed by atoms with E-state index in [4.69, 9.17) is 15.3 Å². The van der Waals surface area contributed by atoms with Crippen LogP contribution in [0.3, 0.4) is 0 Å². The largest absolute Gasteiger partial charge is 0.480 e. The zero-order valence-corrected chi connectivity index (χ0v) is 4.37. The highest BCUT2D eigenvalue weighted by Gasteiger charge is 2.25. The van der Waals surface area contributed by atoms with Crippen LogP contribution in [0.4, 0.5) is 0 Å². The summed E-state index contributed by atoms with van der Waals surface area (Å²) in [5.74, 6) is -4.13. The zero-order chi connectivity index (χ0) is 7.44. The quantitative estimate of drug-likeness (QED) is 0.417. The molecule has 0 rings (SSSR count).